The number of benzene rings is 2. The molecule has 156 valence electrons. The first-order valence-corrected chi connectivity index (χ1v) is 11.4. The molecular weight excluding hydrogens is 412 g/mol. The molecule has 1 aliphatic heterocycles. The number of methoxy groups -OCH3 is 1. The number of carbonyl (C=O) groups excluding carboxylic acids is 1. The van der Waals surface area contributed by atoms with Gasteiger partial charge >= 0.3 is 0 Å². The molecule has 0 saturated carbocycles. The summed E-state index contributed by atoms with van der Waals surface area (Å²) in [6.07, 6.45) is 3.24. The summed E-state index contributed by atoms with van der Waals surface area (Å²) >= 11 is 6.01. The zero-order chi connectivity index (χ0) is 20.9. The summed E-state index contributed by atoms with van der Waals surface area (Å²) in [5.74, 6) is 0.600. The molecule has 0 aliphatic carbocycles. The molecule has 1 heterocycles. The molecule has 0 bridgehead atoms. The zero-order valence-electron chi connectivity index (χ0n) is 16.4. The Balaban J connectivity index is 1.87. The normalized spacial score (nSPS) is 14.5. The number of likely N-dealkylation sites (tertiary alicyclic amines) is 1. The van der Waals surface area contributed by atoms with Crippen molar-refractivity contribution in [3.8, 4) is 5.75 Å². The lowest BCUT2D eigenvalue weighted by Gasteiger charge is -2.29. The van der Waals surface area contributed by atoms with Gasteiger partial charge in [-0.1, -0.05) is 17.7 Å². The van der Waals surface area contributed by atoms with Crippen LogP contribution in [0.4, 0.5) is 5.69 Å². The predicted molar refractivity (Wildman–Crippen MR) is 114 cm³/mol. The highest BCUT2D eigenvalue weighted by Gasteiger charge is 2.27. The van der Waals surface area contributed by atoms with Gasteiger partial charge in [0, 0.05) is 31.1 Å². The number of anilines is 1. The van der Waals surface area contributed by atoms with Crippen LogP contribution in [0.15, 0.2) is 53.4 Å². The Hall–Kier alpha value is -2.25. The van der Waals surface area contributed by atoms with Gasteiger partial charge in [-0.15, -0.1) is 0 Å². The number of amides is 1. The first-order chi connectivity index (χ1) is 13.9. The van der Waals surface area contributed by atoms with Gasteiger partial charge in [-0.05, 0) is 61.7 Å². The van der Waals surface area contributed by atoms with Gasteiger partial charge in [-0.2, -0.15) is 0 Å². The monoisotopic (exact) mass is 436 g/mol. The smallest absolute Gasteiger partial charge is 0.264 e. The fraction of sp³-hybridized carbons (Fsp3) is 0.381. The molecule has 1 amide bonds. The number of piperidine rings is 1. The molecule has 1 aliphatic rings. The van der Waals surface area contributed by atoms with Crippen LogP contribution >= 0.6 is 11.6 Å². The van der Waals surface area contributed by atoms with E-state index in [1.807, 2.05) is 4.90 Å². The SMILES string of the molecule is COc1ccc(N(CCC(=O)N2CCCCC2)S(=O)(=O)c2cccc(Cl)c2)cc1. The van der Waals surface area contributed by atoms with E-state index in [2.05, 4.69) is 0 Å². The lowest BCUT2D eigenvalue weighted by atomic mass is 10.1. The Kier molecular flexibility index (Phi) is 7.03. The van der Waals surface area contributed by atoms with Gasteiger partial charge in [0.1, 0.15) is 5.75 Å². The third-order valence-corrected chi connectivity index (χ3v) is 7.04. The van der Waals surface area contributed by atoms with E-state index in [9.17, 15) is 13.2 Å². The van der Waals surface area contributed by atoms with Crippen LogP contribution < -0.4 is 9.04 Å². The Morgan fingerprint density at radius 2 is 1.79 bits per heavy atom. The molecule has 0 aromatic heterocycles. The van der Waals surface area contributed by atoms with Gasteiger partial charge in [0.25, 0.3) is 10.0 Å². The predicted octanol–water partition coefficient (Wildman–Crippen LogP) is 3.95. The molecule has 0 spiro atoms. The van der Waals surface area contributed by atoms with Crippen molar-refractivity contribution in [3.63, 3.8) is 0 Å². The van der Waals surface area contributed by atoms with E-state index in [0.717, 1.165) is 32.4 Å². The minimum atomic E-state index is -3.89. The van der Waals surface area contributed by atoms with Crippen LogP contribution in [0.3, 0.4) is 0 Å². The Morgan fingerprint density at radius 1 is 1.10 bits per heavy atom. The van der Waals surface area contributed by atoms with Gasteiger partial charge < -0.3 is 9.64 Å². The number of carbonyl (C=O) groups is 1. The third-order valence-electron chi connectivity index (χ3n) is 4.98. The highest BCUT2D eigenvalue weighted by Crippen LogP contribution is 2.27. The summed E-state index contributed by atoms with van der Waals surface area (Å²) < 4.78 is 33.1. The zero-order valence-corrected chi connectivity index (χ0v) is 18.0. The van der Waals surface area contributed by atoms with Crippen LogP contribution in [0, 0.1) is 0 Å². The van der Waals surface area contributed by atoms with Gasteiger partial charge in [-0.3, -0.25) is 9.10 Å². The standard InChI is InChI=1S/C21H25ClN2O4S/c1-28-19-10-8-18(9-11-19)24(15-12-21(25)23-13-3-2-4-14-23)29(26,27)20-7-5-6-17(22)16-20/h5-11,16H,2-4,12-15H2,1H3. The quantitative estimate of drug-likeness (QED) is 0.659. The highest BCUT2D eigenvalue weighted by molar-refractivity contribution is 7.92. The van der Waals surface area contributed by atoms with E-state index in [1.165, 1.54) is 16.4 Å². The van der Waals surface area contributed by atoms with E-state index in [0.29, 0.717) is 16.5 Å². The van der Waals surface area contributed by atoms with Crippen molar-refractivity contribution in [3.05, 3.63) is 53.6 Å². The van der Waals surface area contributed by atoms with E-state index in [1.54, 1.807) is 43.5 Å². The summed E-state index contributed by atoms with van der Waals surface area (Å²) in [6, 6.07) is 12.9. The van der Waals surface area contributed by atoms with Crippen LogP contribution in [0.1, 0.15) is 25.7 Å². The molecular formula is C21H25ClN2O4S. The maximum atomic E-state index is 13.3. The number of hydrogen-bond acceptors (Lipinski definition) is 4. The minimum Gasteiger partial charge on any atom is -0.497 e. The number of sulfonamides is 1. The van der Waals surface area contributed by atoms with Crippen LogP contribution in [0.2, 0.25) is 5.02 Å². The van der Waals surface area contributed by atoms with Crippen LogP contribution in [-0.4, -0.2) is 46.0 Å². The largest absolute Gasteiger partial charge is 0.497 e. The molecule has 3 rings (SSSR count). The molecule has 1 saturated heterocycles. The first kappa shape index (κ1) is 21.5. The highest BCUT2D eigenvalue weighted by atomic mass is 35.5. The van der Waals surface area contributed by atoms with Crippen LogP contribution in [0.5, 0.6) is 5.75 Å². The van der Waals surface area contributed by atoms with Crippen molar-refractivity contribution >= 4 is 33.2 Å². The molecule has 1 fully saturated rings. The minimum absolute atomic E-state index is 0.0236. The average molecular weight is 437 g/mol. The summed E-state index contributed by atoms with van der Waals surface area (Å²) in [4.78, 5) is 14.5. The first-order valence-electron chi connectivity index (χ1n) is 9.62. The average Bonchev–Trinajstić information content (AvgIpc) is 2.74. The van der Waals surface area contributed by atoms with Gasteiger partial charge in [0.2, 0.25) is 5.91 Å². The molecule has 2 aromatic rings. The molecule has 8 heteroatoms. The molecule has 2 aromatic carbocycles. The van der Waals surface area contributed by atoms with Crippen molar-refractivity contribution in [1.29, 1.82) is 0 Å². The van der Waals surface area contributed by atoms with Crippen molar-refractivity contribution in [2.75, 3.05) is 31.0 Å². The maximum absolute atomic E-state index is 13.3. The van der Waals surface area contributed by atoms with Crippen LogP contribution in [0.25, 0.3) is 0 Å². The number of halogens is 1. The second-order valence-corrected chi connectivity index (χ2v) is 9.22. The van der Waals surface area contributed by atoms with E-state index < -0.39 is 10.0 Å². The van der Waals surface area contributed by atoms with Gasteiger partial charge in [0.05, 0.1) is 17.7 Å². The summed E-state index contributed by atoms with van der Waals surface area (Å²) in [5, 5.41) is 0.338. The third kappa shape index (κ3) is 5.22. The molecule has 0 atom stereocenters. The van der Waals surface area contributed by atoms with E-state index in [4.69, 9.17) is 16.3 Å². The van der Waals surface area contributed by atoms with Crippen LogP contribution in [-0.2, 0) is 14.8 Å². The lowest BCUT2D eigenvalue weighted by Crippen LogP contribution is -2.39. The van der Waals surface area contributed by atoms with Crippen molar-refractivity contribution in [1.82, 2.24) is 4.90 Å². The Morgan fingerprint density at radius 3 is 2.41 bits per heavy atom. The lowest BCUT2D eigenvalue weighted by molar-refractivity contribution is -0.131. The number of hydrogen-bond donors (Lipinski definition) is 0. The van der Waals surface area contributed by atoms with Crippen molar-refractivity contribution in [2.24, 2.45) is 0 Å². The van der Waals surface area contributed by atoms with Gasteiger partial charge in [-0.25, -0.2) is 8.42 Å². The number of ether oxygens (including phenoxy) is 1. The second-order valence-electron chi connectivity index (χ2n) is 6.92. The Bertz CT molecular complexity index is 941. The molecule has 6 nitrogen and oxygen atoms in total. The topological polar surface area (TPSA) is 66.9 Å². The number of nitrogens with zero attached hydrogens (tertiary/aromatic N) is 2. The summed E-state index contributed by atoms with van der Waals surface area (Å²) in [6.45, 7) is 1.53. The van der Waals surface area contributed by atoms with Crippen molar-refractivity contribution < 1.29 is 17.9 Å². The fourth-order valence-corrected chi connectivity index (χ4v) is 5.16. The molecule has 0 unspecified atom stereocenters. The second kappa shape index (κ2) is 9.50. The summed E-state index contributed by atoms with van der Waals surface area (Å²) in [7, 11) is -2.34. The molecule has 0 N–H and O–H groups in total. The van der Waals surface area contributed by atoms with E-state index >= 15 is 0 Å². The number of rotatable bonds is 7. The summed E-state index contributed by atoms with van der Waals surface area (Å²) in [5.41, 5.74) is 0.470. The molecule has 0 radical (unpaired) electrons. The fourth-order valence-electron chi connectivity index (χ4n) is 3.39. The van der Waals surface area contributed by atoms with Crippen molar-refractivity contribution in [2.45, 2.75) is 30.6 Å². The Labute approximate surface area is 177 Å². The maximum Gasteiger partial charge on any atom is 0.264 e. The van der Waals surface area contributed by atoms with Gasteiger partial charge in [0.15, 0.2) is 0 Å². The molecule has 29 heavy (non-hydrogen) atoms. The van der Waals surface area contributed by atoms with E-state index in [-0.39, 0.29) is 23.8 Å².